The normalized spacial score (nSPS) is 18.3. The molecule has 1 aliphatic rings. The van der Waals surface area contributed by atoms with Crippen molar-refractivity contribution in [1.82, 2.24) is 5.32 Å². The van der Waals surface area contributed by atoms with Crippen LogP contribution in [0.3, 0.4) is 0 Å². The van der Waals surface area contributed by atoms with Gasteiger partial charge in [0.15, 0.2) is 0 Å². The molecule has 2 aromatic rings. The average molecular weight is 357 g/mol. The Morgan fingerprint density at radius 3 is 2.64 bits per heavy atom. The SMILES string of the molecule is Cc1ccc(N2C[C@@H](C(=O)N[C@H](C)c3cccc(Cl)c3)CC2=O)cc1. The van der Waals surface area contributed by atoms with Gasteiger partial charge < -0.3 is 10.2 Å². The molecule has 130 valence electrons. The lowest BCUT2D eigenvalue weighted by Gasteiger charge is -2.19. The highest BCUT2D eigenvalue weighted by Gasteiger charge is 2.35. The first-order valence-corrected chi connectivity index (χ1v) is 8.74. The zero-order valence-electron chi connectivity index (χ0n) is 14.3. The number of rotatable bonds is 4. The molecule has 0 aromatic heterocycles. The summed E-state index contributed by atoms with van der Waals surface area (Å²) in [4.78, 5) is 26.6. The average Bonchev–Trinajstić information content (AvgIpc) is 2.97. The molecular formula is C20H21ClN2O2. The van der Waals surface area contributed by atoms with E-state index >= 15 is 0 Å². The summed E-state index contributed by atoms with van der Waals surface area (Å²) in [7, 11) is 0. The molecule has 4 nitrogen and oxygen atoms in total. The molecule has 1 heterocycles. The summed E-state index contributed by atoms with van der Waals surface area (Å²) in [5, 5.41) is 3.63. The lowest BCUT2D eigenvalue weighted by Crippen LogP contribution is -2.34. The fourth-order valence-corrected chi connectivity index (χ4v) is 3.25. The van der Waals surface area contributed by atoms with E-state index in [9.17, 15) is 9.59 Å². The fourth-order valence-electron chi connectivity index (χ4n) is 3.05. The standard InChI is InChI=1S/C20H21ClN2O2/c1-13-6-8-18(9-7-13)23-12-16(11-19(23)24)20(25)22-14(2)15-4-3-5-17(21)10-15/h3-10,14,16H,11-12H2,1-2H3,(H,22,25)/t14-,16+/m1/s1. The molecule has 0 saturated carbocycles. The summed E-state index contributed by atoms with van der Waals surface area (Å²) >= 11 is 6.01. The summed E-state index contributed by atoms with van der Waals surface area (Å²) < 4.78 is 0. The third kappa shape index (κ3) is 4.02. The number of anilines is 1. The van der Waals surface area contributed by atoms with Crippen molar-refractivity contribution in [3.63, 3.8) is 0 Å². The molecule has 1 N–H and O–H groups in total. The second kappa shape index (κ2) is 7.28. The summed E-state index contributed by atoms with van der Waals surface area (Å²) in [6, 6.07) is 15.0. The molecular weight excluding hydrogens is 336 g/mol. The third-order valence-electron chi connectivity index (χ3n) is 4.55. The van der Waals surface area contributed by atoms with E-state index in [1.807, 2.05) is 56.3 Å². The van der Waals surface area contributed by atoms with E-state index in [0.717, 1.165) is 16.8 Å². The van der Waals surface area contributed by atoms with Gasteiger partial charge in [-0.25, -0.2) is 0 Å². The molecule has 1 saturated heterocycles. The van der Waals surface area contributed by atoms with Gasteiger partial charge in [-0.15, -0.1) is 0 Å². The Balaban J connectivity index is 1.65. The third-order valence-corrected chi connectivity index (χ3v) is 4.78. The number of halogens is 1. The lowest BCUT2D eigenvalue weighted by molar-refractivity contribution is -0.126. The van der Waals surface area contributed by atoms with Gasteiger partial charge in [-0.05, 0) is 43.7 Å². The first-order chi connectivity index (χ1) is 11.9. The maximum absolute atomic E-state index is 12.6. The van der Waals surface area contributed by atoms with Crippen LogP contribution in [0.15, 0.2) is 48.5 Å². The highest BCUT2D eigenvalue weighted by molar-refractivity contribution is 6.30. The van der Waals surface area contributed by atoms with Crippen LogP contribution >= 0.6 is 11.6 Å². The van der Waals surface area contributed by atoms with Gasteiger partial charge in [0.2, 0.25) is 11.8 Å². The predicted molar refractivity (Wildman–Crippen MR) is 99.6 cm³/mol. The molecule has 25 heavy (non-hydrogen) atoms. The minimum atomic E-state index is -0.338. The number of amides is 2. The van der Waals surface area contributed by atoms with Crippen LogP contribution in [0.25, 0.3) is 0 Å². The summed E-state index contributed by atoms with van der Waals surface area (Å²) in [5.74, 6) is -0.453. The summed E-state index contributed by atoms with van der Waals surface area (Å²) in [6.45, 7) is 4.33. The number of nitrogens with zero attached hydrogens (tertiary/aromatic N) is 1. The van der Waals surface area contributed by atoms with Crippen LogP contribution in [0.2, 0.25) is 5.02 Å². The first-order valence-electron chi connectivity index (χ1n) is 8.37. The highest BCUT2D eigenvalue weighted by Crippen LogP contribution is 2.26. The Bertz CT molecular complexity index is 789. The lowest BCUT2D eigenvalue weighted by atomic mass is 10.1. The Kier molecular flexibility index (Phi) is 5.09. The molecule has 5 heteroatoms. The number of aryl methyl sites for hydroxylation is 1. The van der Waals surface area contributed by atoms with Gasteiger partial charge in [0.25, 0.3) is 0 Å². The van der Waals surface area contributed by atoms with Crippen LogP contribution in [0, 0.1) is 12.8 Å². The van der Waals surface area contributed by atoms with Crippen molar-refractivity contribution in [3.05, 3.63) is 64.7 Å². The molecule has 2 amide bonds. The highest BCUT2D eigenvalue weighted by atomic mass is 35.5. The monoisotopic (exact) mass is 356 g/mol. The van der Waals surface area contributed by atoms with Gasteiger partial charge in [-0.2, -0.15) is 0 Å². The number of benzene rings is 2. The van der Waals surface area contributed by atoms with Crippen molar-refractivity contribution < 1.29 is 9.59 Å². The Hall–Kier alpha value is -2.33. The Morgan fingerprint density at radius 2 is 1.96 bits per heavy atom. The van der Waals surface area contributed by atoms with E-state index in [-0.39, 0.29) is 30.2 Å². The first kappa shape index (κ1) is 17.5. The van der Waals surface area contributed by atoms with Gasteiger partial charge in [0.05, 0.1) is 12.0 Å². The molecule has 0 spiro atoms. The number of nitrogens with one attached hydrogen (secondary N) is 1. The van der Waals surface area contributed by atoms with Crippen LogP contribution in [0.4, 0.5) is 5.69 Å². The van der Waals surface area contributed by atoms with E-state index in [1.165, 1.54) is 0 Å². The molecule has 2 atom stereocenters. The second-order valence-corrected chi connectivity index (χ2v) is 6.96. The van der Waals surface area contributed by atoms with Gasteiger partial charge in [-0.1, -0.05) is 41.4 Å². The van der Waals surface area contributed by atoms with Crippen molar-refractivity contribution in [1.29, 1.82) is 0 Å². The van der Waals surface area contributed by atoms with Gasteiger partial charge in [-0.3, -0.25) is 9.59 Å². The van der Waals surface area contributed by atoms with Crippen molar-refractivity contribution >= 4 is 29.1 Å². The van der Waals surface area contributed by atoms with Crippen LogP contribution in [0.5, 0.6) is 0 Å². The number of carbonyl (C=O) groups is 2. The molecule has 3 rings (SSSR count). The van der Waals surface area contributed by atoms with Crippen molar-refractivity contribution in [2.75, 3.05) is 11.4 Å². The molecule has 0 unspecified atom stereocenters. The van der Waals surface area contributed by atoms with Gasteiger partial charge in [0, 0.05) is 23.7 Å². The van der Waals surface area contributed by atoms with Crippen LogP contribution in [-0.4, -0.2) is 18.4 Å². The maximum Gasteiger partial charge on any atom is 0.227 e. The fraction of sp³-hybridized carbons (Fsp3) is 0.300. The smallest absolute Gasteiger partial charge is 0.227 e. The minimum absolute atomic E-state index is 0.0144. The maximum atomic E-state index is 12.6. The van der Waals surface area contributed by atoms with E-state index < -0.39 is 0 Å². The molecule has 2 aromatic carbocycles. The number of carbonyl (C=O) groups excluding carboxylic acids is 2. The number of hydrogen-bond donors (Lipinski definition) is 1. The zero-order chi connectivity index (χ0) is 18.0. The van der Waals surface area contributed by atoms with E-state index in [0.29, 0.717) is 11.6 Å². The van der Waals surface area contributed by atoms with Crippen molar-refractivity contribution in [2.45, 2.75) is 26.3 Å². The van der Waals surface area contributed by atoms with Gasteiger partial charge >= 0.3 is 0 Å². The Morgan fingerprint density at radius 1 is 1.24 bits per heavy atom. The van der Waals surface area contributed by atoms with Crippen LogP contribution in [-0.2, 0) is 9.59 Å². The second-order valence-electron chi connectivity index (χ2n) is 6.53. The molecule has 1 aliphatic heterocycles. The van der Waals surface area contributed by atoms with E-state index in [1.54, 1.807) is 11.0 Å². The predicted octanol–water partition coefficient (Wildman–Crippen LogP) is 3.88. The van der Waals surface area contributed by atoms with Crippen LogP contribution < -0.4 is 10.2 Å². The molecule has 0 aliphatic carbocycles. The zero-order valence-corrected chi connectivity index (χ0v) is 15.1. The van der Waals surface area contributed by atoms with Crippen molar-refractivity contribution in [3.8, 4) is 0 Å². The Labute approximate surface area is 152 Å². The quantitative estimate of drug-likeness (QED) is 0.903. The van der Waals surface area contributed by atoms with E-state index in [2.05, 4.69) is 5.32 Å². The van der Waals surface area contributed by atoms with Crippen molar-refractivity contribution in [2.24, 2.45) is 5.92 Å². The minimum Gasteiger partial charge on any atom is -0.349 e. The molecule has 0 radical (unpaired) electrons. The van der Waals surface area contributed by atoms with Crippen LogP contribution in [0.1, 0.15) is 30.5 Å². The molecule has 1 fully saturated rings. The summed E-state index contributed by atoms with van der Waals surface area (Å²) in [6.07, 6.45) is 0.238. The topological polar surface area (TPSA) is 49.4 Å². The van der Waals surface area contributed by atoms with Gasteiger partial charge in [0.1, 0.15) is 0 Å². The number of hydrogen-bond acceptors (Lipinski definition) is 2. The summed E-state index contributed by atoms with van der Waals surface area (Å²) in [5.41, 5.74) is 2.93. The largest absolute Gasteiger partial charge is 0.349 e. The molecule has 0 bridgehead atoms. The van der Waals surface area contributed by atoms with E-state index in [4.69, 9.17) is 11.6 Å².